The largest absolute Gasteiger partial charge is 0.373 e. The fourth-order valence-electron chi connectivity index (χ4n) is 2.91. The first-order chi connectivity index (χ1) is 10.1. The van der Waals surface area contributed by atoms with E-state index in [2.05, 4.69) is 33.0 Å². The Hall–Kier alpha value is -1.00. The molecule has 1 aliphatic rings. The van der Waals surface area contributed by atoms with E-state index in [1.807, 2.05) is 0 Å². The van der Waals surface area contributed by atoms with Crippen LogP contribution >= 0.6 is 0 Å². The smallest absolute Gasteiger partial charge is 0.157 e. The maximum Gasteiger partial charge on any atom is 0.157 e. The molecule has 2 atom stereocenters. The van der Waals surface area contributed by atoms with Crippen LogP contribution in [0.3, 0.4) is 0 Å². The molecule has 1 N–H and O–H groups in total. The lowest BCUT2D eigenvalue weighted by atomic mass is 9.98. The summed E-state index contributed by atoms with van der Waals surface area (Å²) in [4.78, 5) is 9.49. The molecule has 2 unspecified atom stereocenters. The van der Waals surface area contributed by atoms with Crippen molar-refractivity contribution in [2.24, 2.45) is 11.8 Å². The van der Waals surface area contributed by atoms with Gasteiger partial charge in [-0.2, -0.15) is 0 Å². The van der Waals surface area contributed by atoms with Crippen molar-refractivity contribution in [1.29, 1.82) is 0 Å². The van der Waals surface area contributed by atoms with Gasteiger partial charge in [0.1, 0.15) is 6.10 Å². The lowest BCUT2D eigenvalue weighted by Crippen LogP contribution is -2.23. The highest BCUT2D eigenvalue weighted by Gasteiger charge is 2.34. The van der Waals surface area contributed by atoms with Crippen LogP contribution in [0.25, 0.3) is 0 Å². The van der Waals surface area contributed by atoms with Gasteiger partial charge in [0.25, 0.3) is 0 Å². The zero-order valence-electron chi connectivity index (χ0n) is 14.1. The molecular formula is C17H29N3O. The molecule has 4 heteroatoms. The molecule has 0 aromatic carbocycles. The number of rotatable bonds is 8. The highest BCUT2D eigenvalue weighted by Crippen LogP contribution is 2.42. The van der Waals surface area contributed by atoms with Crippen LogP contribution in [0.4, 0.5) is 0 Å². The lowest BCUT2D eigenvalue weighted by Gasteiger charge is -2.18. The zero-order chi connectivity index (χ0) is 15.4. The molecule has 0 saturated heterocycles. The summed E-state index contributed by atoms with van der Waals surface area (Å²) in [6.45, 7) is 10.7. The van der Waals surface area contributed by atoms with E-state index in [0.717, 1.165) is 36.7 Å². The summed E-state index contributed by atoms with van der Waals surface area (Å²) in [6.07, 6.45) is 3.59. The normalized spacial score (nSPS) is 17.8. The van der Waals surface area contributed by atoms with E-state index in [1.54, 1.807) is 7.11 Å². The topological polar surface area (TPSA) is 47.0 Å². The van der Waals surface area contributed by atoms with Crippen molar-refractivity contribution in [3.05, 3.63) is 22.8 Å². The number of nitrogens with one attached hydrogen (secondary N) is 1. The van der Waals surface area contributed by atoms with Gasteiger partial charge in [-0.3, -0.25) is 0 Å². The molecule has 1 heterocycles. The standard InChI is InChI=1S/C17H29N3O/c1-6-18-10-11(2)9-15-12(3)19-17(20-13(15)4)16(21-5)14-7-8-14/h11,14,16,18H,6-10H2,1-5H3. The maximum absolute atomic E-state index is 5.61. The van der Waals surface area contributed by atoms with E-state index < -0.39 is 0 Å². The third-order valence-corrected chi connectivity index (χ3v) is 4.29. The fourth-order valence-corrected chi connectivity index (χ4v) is 2.91. The van der Waals surface area contributed by atoms with Crippen LogP contribution in [-0.2, 0) is 11.2 Å². The monoisotopic (exact) mass is 291 g/mol. The molecule has 1 aliphatic carbocycles. The van der Waals surface area contributed by atoms with Crippen LogP contribution in [0.1, 0.15) is 55.6 Å². The first-order valence-electron chi connectivity index (χ1n) is 8.14. The molecule has 0 spiro atoms. The fraction of sp³-hybridized carbons (Fsp3) is 0.765. The van der Waals surface area contributed by atoms with Crippen molar-refractivity contribution < 1.29 is 4.74 Å². The van der Waals surface area contributed by atoms with Gasteiger partial charge in [-0.05, 0) is 63.6 Å². The summed E-state index contributed by atoms with van der Waals surface area (Å²) in [6, 6.07) is 0. The summed E-state index contributed by atoms with van der Waals surface area (Å²) in [7, 11) is 1.77. The molecule has 0 radical (unpaired) electrons. The van der Waals surface area contributed by atoms with E-state index in [-0.39, 0.29) is 6.10 Å². The third-order valence-electron chi connectivity index (χ3n) is 4.29. The van der Waals surface area contributed by atoms with Gasteiger partial charge in [0.05, 0.1) is 0 Å². The van der Waals surface area contributed by atoms with Crippen LogP contribution in [-0.4, -0.2) is 30.2 Å². The maximum atomic E-state index is 5.61. The number of aromatic nitrogens is 2. The molecule has 4 nitrogen and oxygen atoms in total. The average molecular weight is 291 g/mol. The quantitative estimate of drug-likeness (QED) is 0.800. The van der Waals surface area contributed by atoms with Crippen molar-refractivity contribution >= 4 is 0 Å². The Balaban J connectivity index is 2.12. The van der Waals surface area contributed by atoms with Crippen LogP contribution < -0.4 is 5.32 Å². The molecule has 2 rings (SSSR count). The molecule has 1 saturated carbocycles. The van der Waals surface area contributed by atoms with Gasteiger partial charge in [0, 0.05) is 18.5 Å². The molecule has 1 aromatic heterocycles. The summed E-state index contributed by atoms with van der Waals surface area (Å²) < 4.78 is 5.61. The molecule has 0 aliphatic heterocycles. The SMILES string of the molecule is CCNCC(C)Cc1c(C)nc(C(OC)C2CC2)nc1C. The number of hydrogen-bond donors (Lipinski definition) is 1. The number of ether oxygens (including phenoxy) is 1. The van der Waals surface area contributed by atoms with Gasteiger partial charge < -0.3 is 10.1 Å². The zero-order valence-corrected chi connectivity index (χ0v) is 14.1. The van der Waals surface area contributed by atoms with E-state index in [1.165, 1.54) is 18.4 Å². The second-order valence-electron chi connectivity index (χ2n) is 6.34. The molecule has 21 heavy (non-hydrogen) atoms. The van der Waals surface area contributed by atoms with Crippen molar-refractivity contribution in [3.63, 3.8) is 0 Å². The minimum Gasteiger partial charge on any atom is -0.373 e. The second-order valence-corrected chi connectivity index (χ2v) is 6.34. The summed E-state index contributed by atoms with van der Waals surface area (Å²) in [5, 5.41) is 3.41. The number of hydrogen-bond acceptors (Lipinski definition) is 4. The van der Waals surface area contributed by atoms with E-state index >= 15 is 0 Å². The van der Waals surface area contributed by atoms with Crippen molar-refractivity contribution in [2.45, 2.75) is 53.1 Å². The Bertz CT molecular complexity index is 448. The number of aryl methyl sites for hydroxylation is 2. The molecular weight excluding hydrogens is 262 g/mol. The van der Waals surface area contributed by atoms with Crippen LogP contribution in [0.5, 0.6) is 0 Å². The Morgan fingerprint density at radius 3 is 2.33 bits per heavy atom. The predicted molar refractivity (Wildman–Crippen MR) is 85.4 cm³/mol. The lowest BCUT2D eigenvalue weighted by molar-refractivity contribution is 0.0768. The average Bonchev–Trinajstić information content (AvgIpc) is 3.26. The van der Waals surface area contributed by atoms with Crippen LogP contribution in [0, 0.1) is 25.7 Å². The van der Waals surface area contributed by atoms with Crippen molar-refractivity contribution in [1.82, 2.24) is 15.3 Å². The number of nitrogens with zero attached hydrogens (tertiary/aromatic N) is 2. The van der Waals surface area contributed by atoms with Crippen LogP contribution in [0.2, 0.25) is 0 Å². The van der Waals surface area contributed by atoms with Gasteiger partial charge in [0.15, 0.2) is 5.82 Å². The van der Waals surface area contributed by atoms with Gasteiger partial charge in [-0.15, -0.1) is 0 Å². The predicted octanol–water partition coefficient (Wildman–Crippen LogP) is 2.98. The van der Waals surface area contributed by atoms with Crippen LogP contribution in [0.15, 0.2) is 0 Å². The van der Waals surface area contributed by atoms with E-state index in [0.29, 0.717) is 11.8 Å². The van der Waals surface area contributed by atoms with Crippen molar-refractivity contribution in [2.75, 3.05) is 20.2 Å². The Morgan fingerprint density at radius 2 is 1.86 bits per heavy atom. The Kier molecular flexibility index (Phi) is 5.71. The minimum absolute atomic E-state index is 0.0793. The Labute approximate surface area is 128 Å². The van der Waals surface area contributed by atoms with E-state index in [9.17, 15) is 0 Å². The highest BCUT2D eigenvalue weighted by molar-refractivity contribution is 5.25. The summed E-state index contributed by atoms with van der Waals surface area (Å²) in [5.74, 6) is 2.09. The molecule has 1 fully saturated rings. The molecule has 1 aromatic rings. The number of methoxy groups -OCH3 is 1. The Morgan fingerprint density at radius 1 is 1.24 bits per heavy atom. The summed E-state index contributed by atoms with van der Waals surface area (Å²) in [5.41, 5.74) is 3.53. The molecule has 0 bridgehead atoms. The highest BCUT2D eigenvalue weighted by atomic mass is 16.5. The molecule has 118 valence electrons. The van der Waals surface area contributed by atoms with Gasteiger partial charge in [-0.1, -0.05) is 13.8 Å². The van der Waals surface area contributed by atoms with E-state index in [4.69, 9.17) is 14.7 Å². The van der Waals surface area contributed by atoms with Gasteiger partial charge in [0.2, 0.25) is 0 Å². The first-order valence-corrected chi connectivity index (χ1v) is 8.14. The molecule has 0 amide bonds. The second kappa shape index (κ2) is 7.32. The van der Waals surface area contributed by atoms with Crippen molar-refractivity contribution in [3.8, 4) is 0 Å². The van der Waals surface area contributed by atoms with Gasteiger partial charge in [-0.25, -0.2) is 9.97 Å². The first kappa shape index (κ1) is 16.4. The third kappa shape index (κ3) is 4.24. The minimum atomic E-state index is 0.0793. The van der Waals surface area contributed by atoms with Gasteiger partial charge >= 0.3 is 0 Å². The summed E-state index contributed by atoms with van der Waals surface area (Å²) >= 11 is 0.